The monoisotopic (exact) mass is 263 g/mol. The molecular formula is C12H13N3O2S. The summed E-state index contributed by atoms with van der Waals surface area (Å²) in [7, 11) is 0. The molecule has 1 atom stereocenters. The number of imidazole rings is 1. The van der Waals surface area contributed by atoms with Gasteiger partial charge in [-0.3, -0.25) is 10.1 Å². The van der Waals surface area contributed by atoms with Crippen LogP contribution in [-0.4, -0.2) is 26.7 Å². The number of nitrogens with one attached hydrogen (secondary N) is 1. The van der Waals surface area contributed by atoms with Gasteiger partial charge in [0.05, 0.1) is 18.6 Å². The average molecular weight is 263 g/mol. The van der Waals surface area contributed by atoms with E-state index in [1.165, 1.54) is 4.88 Å². The van der Waals surface area contributed by atoms with Crippen molar-refractivity contribution in [3.05, 3.63) is 40.1 Å². The molecule has 5 nitrogen and oxygen atoms in total. The molecule has 1 aliphatic rings. The van der Waals surface area contributed by atoms with Crippen LogP contribution in [0.2, 0.25) is 0 Å². The molecular weight excluding hydrogens is 250 g/mol. The maximum atomic E-state index is 11.0. The number of carboxylic acids is 1. The normalized spacial score (nSPS) is 18.6. The largest absolute Gasteiger partial charge is 0.480 e. The summed E-state index contributed by atoms with van der Waals surface area (Å²) in [5.74, 6) is -0.801. The van der Waals surface area contributed by atoms with E-state index < -0.39 is 12.0 Å². The van der Waals surface area contributed by atoms with E-state index in [2.05, 4.69) is 20.9 Å². The second-order valence-electron chi connectivity index (χ2n) is 4.32. The Morgan fingerprint density at radius 3 is 3.28 bits per heavy atom. The lowest BCUT2D eigenvalue weighted by Crippen LogP contribution is -2.42. The molecule has 2 N–H and O–H groups in total. The summed E-state index contributed by atoms with van der Waals surface area (Å²) in [5.41, 5.74) is 2.00. The van der Waals surface area contributed by atoms with Crippen LogP contribution in [0.5, 0.6) is 0 Å². The molecule has 0 amide bonds. The number of carboxylic acid groups (broad SMARTS) is 1. The SMILES string of the molecule is O=C(O)C1Cc2c(ncn2Cc2cccs2)CN1. The molecule has 0 spiro atoms. The second kappa shape index (κ2) is 4.55. The lowest BCUT2D eigenvalue weighted by atomic mass is 10.1. The summed E-state index contributed by atoms with van der Waals surface area (Å²) in [5, 5.41) is 14.1. The van der Waals surface area contributed by atoms with Crippen molar-refractivity contribution in [1.29, 1.82) is 0 Å². The van der Waals surface area contributed by atoms with Crippen LogP contribution in [0.3, 0.4) is 0 Å². The molecule has 2 aromatic rings. The number of carbonyl (C=O) groups is 1. The van der Waals surface area contributed by atoms with E-state index in [-0.39, 0.29) is 0 Å². The van der Waals surface area contributed by atoms with E-state index in [0.29, 0.717) is 13.0 Å². The molecule has 2 aromatic heterocycles. The highest BCUT2D eigenvalue weighted by atomic mass is 32.1. The van der Waals surface area contributed by atoms with Crippen molar-refractivity contribution in [1.82, 2.24) is 14.9 Å². The molecule has 94 valence electrons. The van der Waals surface area contributed by atoms with Crippen LogP contribution in [0.1, 0.15) is 16.3 Å². The smallest absolute Gasteiger partial charge is 0.321 e. The number of hydrogen-bond donors (Lipinski definition) is 2. The predicted molar refractivity (Wildman–Crippen MR) is 67.6 cm³/mol. The maximum absolute atomic E-state index is 11.0. The summed E-state index contributed by atoms with van der Waals surface area (Å²) < 4.78 is 2.05. The zero-order chi connectivity index (χ0) is 12.5. The third-order valence-corrected chi connectivity index (χ3v) is 4.01. The van der Waals surface area contributed by atoms with E-state index >= 15 is 0 Å². The van der Waals surface area contributed by atoms with Gasteiger partial charge in [-0.15, -0.1) is 11.3 Å². The molecule has 1 aliphatic heterocycles. The number of fused-ring (bicyclic) bond motifs is 1. The minimum atomic E-state index is -0.801. The van der Waals surface area contributed by atoms with Gasteiger partial charge in [-0.1, -0.05) is 6.07 Å². The molecule has 0 saturated carbocycles. The molecule has 0 bridgehead atoms. The Kier molecular flexibility index (Phi) is 2.89. The van der Waals surface area contributed by atoms with Gasteiger partial charge in [0.15, 0.2) is 0 Å². The fourth-order valence-corrected chi connectivity index (χ4v) is 2.90. The summed E-state index contributed by atoms with van der Waals surface area (Å²) in [6, 6.07) is 3.59. The van der Waals surface area contributed by atoms with Gasteiger partial charge < -0.3 is 9.67 Å². The highest BCUT2D eigenvalue weighted by Crippen LogP contribution is 2.19. The quantitative estimate of drug-likeness (QED) is 0.870. The molecule has 0 saturated heterocycles. The number of rotatable bonds is 3. The number of aliphatic carboxylic acids is 1. The number of nitrogens with zero attached hydrogens (tertiary/aromatic N) is 2. The Labute approximate surface area is 108 Å². The first-order valence-electron chi connectivity index (χ1n) is 5.75. The van der Waals surface area contributed by atoms with Crippen molar-refractivity contribution < 1.29 is 9.90 Å². The van der Waals surface area contributed by atoms with E-state index in [1.807, 2.05) is 11.4 Å². The molecule has 3 heterocycles. The van der Waals surface area contributed by atoms with Crippen LogP contribution >= 0.6 is 11.3 Å². The Morgan fingerprint density at radius 1 is 1.67 bits per heavy atom. The molecule has 18 heavy (non-hydrogen) atoms. The van der Waals surface area contributed by atoms with Gasteiger partial charge in [-0.05, 0) is 11.4 Å². The van der Waals surface area contributed by atoms with Crippen LogP contribution in [-0.2, 0) is 24.3 Å². The fourth-order valence-electron chi connectivity index (χ4n) is 2.20. The summed E-state index contributed by atoms with van der Waals surface area (Å²) >= 11 is 1.70. The third kappa shape index (κ3) is 2.04. The lowest BCUT2D eigenvalue weighted by Gasteiger charge is -2.21. The van der Waals surface area contributed by atoms with E-state index in [4.69, 9.17) is 5.11 Å². The second-order valence-corrected chi connectivity index (χ2v) is 5.35. The van der Waals surface area contributed by atoms with Crippen molar-refractivity contribution in [2.75, 3.05) is 0 Å². The van der Waals surface area contributed by atoms with Gasteiger partial charge in [-0.25, -0.2) is 4.98 Å². The molecule has 1 unspecified atom stereocenters. The van der Waals surface area contributed by atoms with E-state index in [0.717, 1.165) is 17.9 Å². The number of thiophene rings is 1. The molecule has 0 fully saturated rings. The maximum Gasteiger partial charge on any atom is 0.321 e. The summed E-state index contributed by atoms with van der Waals surface area (Å²) in [6.45, 7) is 1.30. The van der Waals surface area contributed by atoms with Gasteiger partial charge >= 0.3 is 5.97 Å². The van der Waals surface area contributed by atoms with Gasteiger partial charge in [0.25, 0.3) is 0 Å². The van der Waals surface area contributed by atoms with Gasteiger partial charge in [0.1, 0.15) is 6.04 Å². The Hall–Kier alpha value is -1.66. The molecule has 6 heteroatoms. The minimum absolute atomic E-state index is 0.496. The fraction of sp³-hybridized carbons (Fsp3) is 0.333. The van der Waals surface area contributed by atoms with Crippen LogP contribution in [0.15, 0.2) is 23.8 Å². The highest BCUT2D eigenvalue weighted by molar-refractivity contribution is 7.09. The predicted octanol–water partition coefficient (Wildman–Crippen LogP) is 1.09. The van der Waals surface area contributed by atoms with Crippen molar-refractivity contribution in [3.8, 4) is 0 Å². The lowest BCUT2D eigenvalue weighted by molar-refractivity contribution is -0.139. The van der Waals surface area contributed by atoms with Gasteiger partial charge in [-0.2, -0.15) is 0 Å². The van der Waals surface area contributed by atoms with Crippen LogP contribution in [0.25, 0.3) is 0 Å². The molecule has 0 aromatic carbocycles. The zero-order valence-electron chi connectivity index (χ0n) is 9.67. The van der Waals surface area contributed by atoms with E-state index in [1.54, 1.807) is 17.7 Å². The first-order chi connectivity index (χ1) is 8.74. The molecule has 0 aliphatic carbocycles. The Balaban J connectivity index is 1.85. The number of aromatic nitrogens is 2. The Bertz CT molecular complexity index is 562. The highest BCUT2D eigenvalue weighted by Gasteiger charge is 2.26. The topological polar surface area (TPSA) is 67.1 Å². The van der Waals surface area contributed by atoms with Crippen molar-refractivity contribution in [2.45, 2.75) is 25.6 Å². The minimum Gasteiger partial charge on any atom is -0.480 e. The first kappa shape index (κ1) is 11.4. The van der Waals surface area contributed by atoms with E-state index in [9.17, 15) is 4.79 Å². The summed E-state index contributed by atoms with van der Waals surface area (Å²) in [4.78, 5) is 16.6. The van der Waals surface area contributed by atoms with Crippen LogP contribution in [0.4, 0.5) is 0 Å². The van der Waals surface area contributed by atoms with Crippen molar-refractivity contribution in [3.63, 3.8) is 0 Å². The summed E-state index contributed by atoms with van der Waals surface area (Å²) in [6.07, 6.45) is 2.30. The average Bonchev–Trinajstić information content (AvgIpc) is 2.99. The first-order valence-corrected chi connectivity index (χ1v) is 6.63. The third-order valence-electron chi connectivity index (χ3n) is 3.15. The van der Waals surface area contributed by atoms with Gasteiger partial charge in [0.2, 0.25) is 0 Å². The Morgan fingerprint density at radius 2 is 2.56 bits per heavy atom. The molecule has 0 radical (unpaired) electrons. The standard InChI is InChI=1S/C12H13N3O2S/c16-12(17)9-4-11-10(5-13-9)14-7-15(11)6-8-2-1-3-18-8/h1-3,7,9,13H,4-6H2,(H,16,17). The van der Waals surface area contributed by atoms with Crippen LogP contribution in [0, 0.1) is 0 Å². The van der Waals surface area contributed by atoms with Crippen molar-refractivity contribution >= 4 is 17.3 Å². The van der Waals surface area contributed by atoms with Crippen molar-refractivity contribution in [2.24, 2.45) is 0 Å². The number of hydrogen-bond acceptors (Lipinski definition) is 4. The van der Waals surface area contributed by atoms with Gasteiger partial charge in [0, 0.05) is 23.5 Å². The molecule has 3 rings (SSSR count). The van der Waals surface area contributed by atoms with Crippen LogP contribution < -0.4 is 5.32 Å². The zero-order valence-corrected chi connectivity index (χ0v) is 10.5.